The smallest absolute Gasteiger partial charge is 0.266 e. The third kappa shape index (κ3) is 6.52. The Balaban J connectivity index is 1.35. The number of hydrogen-bond donors (Lipinski definition) is 2. The molecule has 39 heavy (non-hydrogen) atoms. The highest BCUT2D eigenvalue weighted by molar-refractivity contribution is 5.94. The van der Waals surface area contributed by atoms with Crippen LogP contribution in [-0.2, 0) is 9.59 Å². The maximum absolute atomic E-state index is 16.4. The lowest BCUT2D eigenvalue weighted by atomic mass is 9.79. The molecule has 0 saturated carbocycles. The number of likely N-dealkylation sites (tertiary alicyclic amines) is 2. The Morgan fingerprint density at radius 3 is 2.44 bits per heavy atom. The molecule has 3 N–H and O–H groups in total. The van der Waals surface area contributed by atoms with E-state index >= 15 is 4.39 Å². The van der Waals surface area contributed by atoms with Gasteiger partial charge in [-0.3, -0.25) is 9.59 Å². The third-order valence-electron chi connectivity index (χ3n) is 8.61. The van der Waals surface area contributed by atoms with Crippen LogP contribution in [-0.4, -0.2) is 83.0 Å². The molecule has 1 aromatic rings. The minimum atomic E-state index is -2.42. The van der Waals surface area contributed by atoms with Gasteiger partial charge in [-0.2, -0.15) is 0 Å². The lowest BCUT2D eigenvalue weighted by Crippen LogP contribution is -2.53. The van der Waals surface area contributed by atoms with E-state index in [1.807, 2.05) is 13.8 Å². The molecule has 7 nitrogen and oxygen atoms in total. The topological polar surface area (TPSA) is 96.1 Å². The number of nitrogens with two attached hydrogens (primary N) is 1. The first kappa shape index (κ1) is 29.2. The zero-order valence-corrected chi connectivity index (χ0v) is 22.9. The lowest BCUT2D eigenvalue weighted by molar-refractivity contribution is -0.146. The summed E-state index contributed by atoms with van der Waals surface area (Å²) in [5.74, 6) is -1.52. The molecule has 4 rings (SSSR count). The van der Waals surface area contributed by atoms with Gasteiger partial charge in [-0.05, 0) is 68.5 Å². The number of aliphatic hydroxyl groups is 1. The number of nitrogens with zero attached hydrogens (tertiary/aromatic N) is 2. The highest BCUT2D eigenvalue weighted by atomic mass is 19.1. The average Bonchev–Trinajstić information content (AvgIpc) is 3.34. The number of piperidine rings is 1. The number of rotatable bonds is 10. The van der Waals surface area contributed by atoms with Gasteiger partial charge < -0.3 is 25.4 Å². The fourth-order valence-corrected chi connectivity index (χ4v) is 5.87. The van der Waals surface area contributed by atoms with Gasteiger partial charge in [-0.25, -0.2) is 8.78 Å². The summed E-state index contributed by atoms with van der Waals surface area (Å²) < 4.78 is 37.2. The van der Waals surface area contributed by atoms with Gasteiger partial charge in [0.25, 0.3) is 5.91 Å². The van der Waals surface area contributed by atoms with Crippen LogP contribution in [0.25, 0.3) is 0 Å². The fraction of sp³-hybridized carbons (Fsp3) is 0.600. The number of halogens is 2. The number of carbonyl (C=O) groups is 2. The molecule has 2 unspecified atom stereocenters. The van der Waals surface area contributed by atoms with Crippen LogP contribution in [0.3, 0.4) is 0 Å². The van der Waals surface area contributed by atoms with Crippen LogP contribution in [0.1, 0.15) is 57.4 Å². The van der Waals surface area contributed by atoms with E-state index in [-0.39, 0.29) is 13.0 Å². The Morgan fingerprint density at radius 1 is 1.15 bits per heavy atom. The molecule has 0 spiro atoms. The van der Waals surface area contributed by atoms with Crippen molar-refractivity contribution in [3.63, 3.8) is 0 Å². The van der Waals surface area contributed by atoms with Gasteiger partial charge in [0.2, 0.25) is 11.6 Å². The Hall–Kier alpha value is -2.78. The summed E-state index contributed by atoms with van der Waals surface area (Å²) in [5.41, 5.74) is 2.47. The van der Waals surface area contributed by atoms with Crippen LogP contribution in [0.4, 0.5) is 8.78 Å². The summed E-state index contributed by atoms with van der Waals surface area (Å²) in [6.07, 6.45) is 8.02. The van der Waals surface area contributed by atoms with E-state index in [1.165, 1.54) is 12.2 Å². The Bertz CT molecular complexity index is 1070. The number of carbonyl (C=O) groups excluding carboxylic acids is 2. The number of β-amino-alcohol motifs (C(OH)–C–C–N with tert-alkyl or cyclic N) is 1. The molecule has 2 aliphatic heterocycles. The largest absolute Gasteiger partial charge is 0.493 e. The van der Waals surface area contributed by atoms with E-state index in [9.17, 15) is 19.1 Å². The van der Waals surface area contributed by atoms with Crippen LogP contribution < -0.4 is 10.5 Å². The predicted octanol–water partition coefficient (Wildman–Crippen LogP) is 3.67. The highest BCUT2D eigenvalue weighted by Gasteiger charge is 2.51. The van der Waals surface area contributed by atoms with Crippen LogP contribution in [0.2, 0.25) is 0 Å². The van der Waals surface area contributed by atoms with Gasteiger partial charge in [0.15, 0.2) is 0 Å². The van der Waals surface area contributed by atoms with Crippen LogP contribution >= 0.6 is 0 Å². The van der Waals surface area contributed by atoms with Crippen molar-refractivity contribution in [2.45, 2.75) is 75.4 Å². The number of alkyl halides is 2. The van der Waals surface area contributed by atoms with E-state index in [4.69, 9.17) is 10.5 Å². The van der Waals surface area contributed by atoms with E-state index in [0.29, 0.717) is 43.2 Å². The first-order valence-electron chi connectivity index (χ1n) is 14.1. The summed E-state index contributed by atoms with van der Waals surface area (Å²) >= 11 is 0. The van der Waals surface area contributed by atoms with Crippen molar-refractivity contribution in [1.29, 1.82) is 0 Å². The molecule has 214 valence electrons. The number of aliphatic hydroxyl groups excluding tert-OH is 1. The number of ether oxygens (including phenoxy) is 1. The van der Waals surface area contributed by atoms with Crippen LogP contribution in [0.5, 0.6) is 5.75 Å². The summed E-state index contributed by atoms with van der Waals surface area (Å²) in [6.45, 7) is 6.42. The van der Waals surface area contributed by atoms with Gasteiger partial charge in [-0.15, -0.1) is 0 Å². The predicted molar refractivity (Wildman–Crippen MR) is 146 cm³/mol. The second-order valence-corrected chi connectivity index (χ2v) is 11.2. The van der Waals surface area contributed by atoms with E-state index in [2.05, 4.69) is 4.90 Å². The summed E-state index contributed by atoms with van der Waals surface area (Å²) in [6, 6.07) is 5.99. The maximum atomic E-state index is 16.4. The van der Waals surface area contributed by atoms with Crippen molar-refractivity contribution in [2.75, 3.05) is 32.8 Å². The molecule has 2 heterocycles. The van der Waals surface area contributed by atoms with Gasteiger partial charge in [0, 0.05) is 25.4 Å². The van der Waals surface area contributed by atoms with E-state index in [0.717, 1.165) is 30.8 Å². The molecule has 4 atom stereocenters. The number of hydrogen-bond acceptors (Lipinski definition) is 5. The van der Waals surface area contributed by atoms with Crippen molar-refractivity contribution in [1.82, 2.24) is 9.80 Å². The maximum Gasteiger partial charge on any atom is 0.266 e. The molecule has 1 aliphatic carbocycles. The lowest BCUT2D eigenvalue weighted by Gasteiger charge is -2.36. The van der Waals surface area contributed by atoms with Crippen molar-refractivity contribution in [2.24, 2.45) is 11.7 Å². The standard InChI is InChI=1S/C30H41F2N3O4/c1-3-29(31,4-2)20-34-15-12-21(13-16-34)19-39-24-10-8-22(9-11-24)25-7-5-6-14-30(25,32)28(38)35-18-23(36)17-26(35)27(33)37/h5-11,14,21,23,25-26,36H,3-4,12-13,15-20H2,1-2H3,(H2,33,37)/t23-,25?,26-,30?/m1/s1. The van der Waals surface area contributed by atoms with E-state index < -0.39 is 41.2 Å². The minimum absolute atomic E-state index is 0.000539. The Morgan fingerprint density at radius 2 is 1.82 bits per heavy atom. The molecule has 1 aromatic carbocycles. The first-order valence-corrected chi connectivity index (χ1v) is 14.1. The van der Waals surface area contributed by atoms with Crippen molar-refractivity contribution in [3.8, 4) is 5.75 Å². The van der Waals surface area contributed by atoms with Crippen LogP contribution in [0.15, 0.2) is 48.6 Å². The van der Waals surface area contributed by atoms with Crippen molar-refractivity contribution in [3.05, 3.63) is 54.1 Å². The van der Waals surface area contributed by atoms with Gasteiger partial charge in [0.1, 0.15) is 17.5 Å². The van der Waals surface area contributed by atoms with Crippen molar-refractivity contribution >= 4 is 11.8 Å². The van der Waals surface area contributed by atoms with Crippen molar-refractivity contribution < 1.29 is 28.2 Å². The van der Waals surface area contributed by atoms with Gasteiger partial charge in [-0.1, -0.05) is 44.2 Å². The second kappa shape index (κ2) is 12.2. The molecule has 2 amide bonds. The second-order valence-electron chi connectivity index (χ2n) is 11.2. The highest BCUT2D eigenvalue weighted by Crippen LogP contribution is 2.40. The molecule has 2 fully saturated rings. The molecule has 3 aliphatic rings. The number of benzene rings is 1. The molecule has 0 radical (unpaired) electrons. The zero-order valence-electron chi connectivity index (χ0n) is 22.9. The Kier molecular flexibility index (Phi) is 9.11. The first-order chi connectivity index (χ1) is 18.6. The quantitative estimate of drug-likeness (QED) is 0.468. The summed E-state index contributed by atoms with van der Waals surface area (Å²) in [5, 5.41) is 10.00. The SMILES string of the molecule is CCC(F)(CC)CN1CCC(COc2ccc(C3C=CC=CC3(F)C(=O)N3C[C@H](O)C[C@@H]3C(N)=O)cc2)CC1. The average molecular weight is 546 g/mol. The monoisotopic (exact) mass is 545 g/mol. The van der Waals surface area contributed by atoms with Crippen LogP contribution in [0, 0.1) is 5.92 Å². The molecule has 2 saturated heterocycles. The molecular weight excluding hydrogens is 504 g/mol. The summed E-state index contributed by atoms with van der Waals surface area (Å²) in [4.78, 5) is 28.5. The number of amides is 2. The number of allylic oxidation sites excluding steroid dienone is 3. The normalized spacial score (nSPS) is 28.1. The summed E-state index contributed by atoms with van der Waals surface area (Å²) in [7, 11) is 0. The molecule has 0 aromatic heterocycles. The molecule has 9 heteroatoms. The van der Waals surface area contributed by atoms with Gasteiger partial charge >= 0.3 is 0 Å². The Labute approximate surface area is 229 Å². The third-order valence-corrected chi connectivity index (χ3v) is 8.61. The van der Waals surface area contributed by atoms with Gasteiger partial charge in [0.05, 0.1) is 12.7 Å². The molecular formula is C30H41F2N3O4. The minimum Gasteiger partial charge on any atom is -0.493 e. The fourth-order valence-electron chi connectivity index (χ4n) is 5.87. The zero-order chi connectivity index (χ0) is 28.2. The van der Waals surface area contributed by atoms with E-state index in [1.54, 1.807) is 36.4 Å². The number of primary amides is 1. The molecule has 0 bridgehead atoms.